The van der Waals surface area contributed by atoms with Gasteiger partial charge in [0.25, 0.3) is 5.91 Å². The molecule has 5 nitrogen and oxygen atoms in total. The lowest BCUT2D eigenvalue weighted by molar-refractivity contribution is -0.0448. The van der Waals surface area contributed by atoms with E-state index in [1.54, 1.807) is 26.4 Å². The molecule has 0 aliphatic carbocycles. The van der Waals surface area contributed by atoms with Crippen LogP contribution in [0.3, 0.4) is 0 Å². The zero-order valence-electron chi connectivity index (χ0n) is 12.0. The fourth-order valence-electron chi connectivity index (χ4n) is 2.52. The fraction of sp³-hybridized carbons (Fsp3) is 0.533. The van der Waals surface area contributed by atoms with E-state index < -0.39 is 0 Å². The van der Waals surface area contributed by atoms with Crippen LogP contribution in [0, 0.1) is 0 Å². The number of amides is 1. The Kier molecular flexibility index (Phi) is 5.38. The van der Waals surface area contributed by atoms with Gasteiger partial charge in [-0.3, -0.25) is 4.79 Å². The van der Waals surface area contributed by atoms with E-state index in [9.17, 15) is 4.79 Å². The average molecular weight is 279 g/mol. The van der Waals surface area contributed by atoms with Crippen molar-refractivity contribution >= 4 is 5.91 Å². The Balaban J connectivity index is 2.07. The van der Waals surface area contributed by atoms with Crippen LogP contribution in [0.25, 0.3) is 0 Å². The second kappa shape index (κ2) is 7.26. The van der Waals surface area contributed by atoms with Gasteiger partial charge in [0.2, 0.25) is 0 Å². The monoisotopic (exact) mass is 279 g/mol. The minimum absolute atomic E-state index is 0.00552. The Hall–Kier alpha value is -1.59. The number of likely N-dealkylation sites (tertiary alicyclic amines) is 1. The molecule has 1 atom stereocenters. The number of hydrogen-bond donors (Lipinski definition) is 0. The van der Waals surface area contributed by atoms with Crippen LogP contribution in [0.1, 0.15) is 23.2 Å². The molecule has 0 spiro atoms. The molecule has 5 heteroatoms. The molecule has 20 heavy (non-hydrogen) atoms. The summed E-state index contributed by atoms with van der Waals surface area (Å²) in [6.07, 6.45) is 1.96. The Morgan fingerprint density at radius 2 is 2.15 bits per heavy atom. The highest BCUT2D eigenvalue weighted by atomic mass is 16.7. The Morgan fingerprint density at radius 3 is 2.90 bits per heavy atom. The standard InChI is InChI=1S/C15H21NO4/c1-18-11-20-10-12-6-5-9-16(12)15(17)13-7-3-4-8-14(13)19-2/h3-4,7-8,12H,5-6,9-11H2,1-2H3/t12-/m0/s1. The van der Waals surface area contributed by atoms with E-state index in [-0.39, 0.29) is 18.7 Å². The van der Waals surface area contributed by atoms with Gasteiger partial charge < -0.3 is 19.1 Å². The van der Waals surface area contributed by atoms with Crippen LogP contribution < -0.4 is 4.74 Å². The fourth-order valence-corrected chi connectivity index (χ4v) is 2.52. The topological polar surface area (TPSA) is 48.0 Å². The van der Waals surface area contributed by atoms with E-state index in [0.717, 1.165) is 19.4 Å². The molecule has 1 fully saturated rings. The summed E-state index contributed by atoms with van der Waals surface area (Å²) in [5.74, 6) is 0.618. The molecule has 1 aliphatic rings. The number of ether oxygens (including phenoxy) is 3. The van der Waals surface area contributed by atoms with E-state index in [4.69, 9.17) is 14.2 Å². The van der Waals surface area contributed by atoms with Crippen molar-refractivity contribution in [1.29, 1.82) is 0 Å². The molecule has 0 radical (unpaired) electrons. The van der Waals surface area contributed by atoms with Gasteiger partial charge in [0.05, 0.1) is 25.3 Å². The second-order valence-corrected chi connectivity index (χ2v) is 4.77. The first-order chi connectivity index (χ1) is 9.77. The van der Waals surface area contributed by atoms with Crippen molar-refractivity contribution in [2.24, 2.45) is 0 Å². The van der Waals surface area contributed by atoms with Crippen LogP contribution in [-0.4, -0.2) is 51.0 Å². The van der Waals surface area contributed by atoms with E-state index >= 15 is 0 Å². The highest BCUT2D eigenvalue weighted by Crippen LogP contribution is 2.25. The smallest absolute Gasteiger partial charge is 0.257 e. The molecule has 1 aromatic rings. The molecule has 0 N–H and O–H groups in total. The summed E-state index contributed by atoms with van der Waals surface area (Å²) < 4.78 is 15.5. The first-order valence-corrected chi connectivity index (χ1v) is 6.78. The molecule has 1 heterocycles. The van der Waals surface area contributed by atoms with Gasteiger partial charge in [-0.2, -0.15) is 0 Å². The van der Waals surface area contributed by atoms with Crippen molar-refractivity contribution < 1.29 is 19.0 Å². The highest BCUT2D eigenvalue weighted by molar-refractivity contribution is 5.97. The summed E-state index contributed by atoms with van der Waals surface area (Å²) in [7, 11) is 3.17. The number of rotatable bonds is 6. The number of benzene rings is 1. The molecule has 1 aromatic carbocycles. The number of hydrogen-bond acceptors (Lipinski definition) is 4. The van der Waals surface area contributed by atoms with Crippen molar-refractivity contribution in [2.75, 3.05) is 34.2 Å². The van der Waals surface area contributed by atoms with Gasteiger partial charge in [0, 0.05) is 13.7 Å². The Labute approximate surface area is 119 Å². The SMILES string of the molecule is COCOC[C@@H]1CCCN1C(=O)c1ccccc1OC. The van der Waals surface area contributed by atoms with Gasteiger partial charge in [-0.15, -0.1) is 0 Å². The minimum atomic E-state index is 0.00552. The summed E-state index contributed by atoms with van der Waals surface area (Å²) in [5, 5.41) is 0. The lowest BCUT2D eigenvalue weighted by Crippen LogP contribution is -2.38. The maximum Gasteiger partial charge on any atom is 0.257 e. The summed E-state index contributed by atoms with van der Waals surface area (Å²) >= 11 is 0. The van der Waals surface area contributed by atoms with E-state index in [1.807, 2.05) is 17.0 Å². The predicted molar refractivity (Wildman–Crippen MR) is 74.9 cm³/mol. The van der Waals surface area contributed by atoms with Gasteiger partial charge in [-0.1, -0.05) is 12.1 Å². The van der Waals surface area contributed by atoms with Crippen molar-refractivity contribution in [3.63, 3.8) is 0 Å². The van der Waals surface area contributed by atoms with Crippen LogP contribution in [0.2, 0.25) is 0 Å². The lowest BCUT2D eigenvalue weighted by Gasteiger charge is -2.25. The molecule has 1 amide bonds. The number of nitrogens with zero attached hydrogens (tertiary/aromatic N) is 1. The zero-order valence-corrected chi connectivity index (χ0v) is 12.0. The van der Waals surface area contributed by atoms with Gasteiger partial charge >= 0.3 is 0 Å². The van der Waals surface area contributed by atoms with E-state index in [0.29, 0.717) is 17.9 Å². The summed E-state index contributed by atoms with van der Waals surface area (Å²) in [4.78, 5) is 14.5. The molecule has 110 valence electrons. The summed E-state index contributed by atoms with van der Waals surface area (Å²) in [5.41, 5.74) is 0.605. The van der Waals surface area contributed by atoms with Crippen molar-refractivity contribution in [3.05, 3.63) is 29.8 Å². The van der Waals surface area contributed by atoms with E-state index in [2.05, 4.69) is 0 Å². The van der Waals surface area contributed by atoms with Crippen LogP contribution >= 0.6 is 0 Å². The molecule has 0 saturated carbocycles. The molecule has 1 saturated heterocycles. The third kappa shape index (κ3) is 3.29. The highest BCUT2D eigenvalue weighted by Gasteiger charge is 2.30. The maximum atomic E-state index is 12.6. The largest absolute Gasteiger partial charge is 0.496 e. The number of para-hydroxylation sites is 1. The van der Waals surface area contributed by atoms with Crippen LogP contribution in [-0.2, 0) is 9.47 Å². The lowest BCUT2D eigenvalue weighted by atomic mass is 10.1. The normalized spacial score (nSPS) is 18.3. The summed E-state index contributed by atoms with van der Waals surface area (Å²) in [6.45, 7) is 1.53. The molecular formula is C15H21NO4. The summed E-state index contributed by atoms with van der Waals surface area (Å²) in [6, 6.07) is 7.43. The van der Waals surface area contributed by atoms with Gasteiger partial charge in [0.15, 0.2) is 0 Å². The zero-order chi connectivity index (χ0) is 14.4. The van der Waals surface area contributed by atoms with Crippen LogP contribution in [0.4, 0.5) is 0 Å². The molecule has 0 bridgehead atoms. The Bertz CT molecular complexity index is 449. The molecule has 2 rings (SSSR count). The predicted octanol–water partition coefficient (Wildman–Crippen LogP) is 1.92. The van der Waals surface area contributed by atoms with Gasteiger partial charge in [0.1, 0.15) is 12.5 Å². The average Bonchev–Trinajstić information content (AvgIpc) is 2.95. The molecule has 0 unspecified atom stereocenters. The maximum absolute atomic E-state index is 12.6. The van der Waals surface area contributed by atoms with Crippen molar-refractivity contribution in [3.8, 4) is 5.75 Å². The molecular weight excluding hydrogens is 258 g/mol. The van der Waals surface area contributed by atoms with E-state index in [1.165, 1.54) is 0 Å². The number of carbonyl (C=O) groups is 1. The third-order valence-corrected chi connectivity index (χ3v) is 3.49. The quantitative estimate of drug-likeness (QED) is 0.589. The van der Waals surface area contributed by atoms with Gasteiger partial charge in [-0.05, 0) is 25.0 Å². The van der Waals surface area contributed by atoms with Crippen LogP contribution in [0.15, 0.2) is 24.3 Å². The molecule has 0 aromatic heterocycles. The number of methoxy groups -OCH3 is 2. The van der Waals surface area contributed by atoms with Crippen LogP contribution in [0.5, 0.6) is 5.75 Å². The number of carbonyl (C=O) groups excluding carboxylic acids is 1. The van der Waals surface area contributed by atoms with Crippen molar-refractivity contribution in [2.45, 2.75) is 18.9 Å². The second-order valence-electron chi connectivity index (χ2n) is 4.77. The first-order valence-electron chi connectivity index (χ1n) is 6.78. The first kappa shape index (κ1) is 14.8. The Morgan fingerprint density at radius 1 is 1.35 bits per heavy atom. The minimum Gasteiger partial charge on any atom is -0.496 e. The third-order valence-electron chi connectivity index (χ3n) is 3.49. The van der Waals surface area contributed by atoms with Gasteiger partial charge in [-0.25, -0.2) is 0 Å². The van der Waals surface area contributed by atoms with Crippen molar-refractivity contribution in [1.82, 2.24) is 4.90 Å². The molecule has 1 aliphatic heterocycles.